The molecule has 0 heterocycles. The Bertz CT molecular complexity index is 146. The van der Waals surface area contributed by atoms with E-state index in [0.29, 0.717) is 0 Å². The van der Waals surface area contributed by atoms with E-state index in [0.717, 1.165) is 25.1 Å². The maximum absolute atomic E-state index is 5.80. The molecule has 1 N–H and O–H groups in total. The van der Waals surface area contributed by atoms with Crippen LogP contribution in [0.3, 0.4) is 0 Å². The van der Waals surface area contributed by atoms with Crippen LogP contribution in [0.2, 0.25) is 0 Å². The van der Waals surface area contributed by atoms with Crippen LogP contribution in [0.5, 0.6) is 0 Å². The van der Waals surface area contributed by atoms with Crippen LogP contribution in [-0.4, -0.2) is 11.9 Å². The Hall–Kier alpha value is -0.390. The van der Waals surface area contributed by atoms with Crippen molar-refractivity contribution in [2.45, 2.75) is 32.1 Å². The van der Waals surface area contributed by atoms with Gasteiger partial charge in [0.25, 0.3) is 0 Å². The molecule has 1 atom stereocenters. The van der Waals surface area contributed by atoms with Crippen molar-refractivity contribution < 1.29 is 0 Å². The minimum Gasteiger partial charge on any atom is -0.382 e. The Labute approximate surface area is 74.1 Å². The van der Waals surface area contributed by atoms with Gasteiger partial charge in [0.2, 0.25) is 0 Å². The van der Waals surface area contributed by atoms with Crippen molar-refractivity contribution in [3.8, 4) is 0 Å². The summed E-state index contributed by atoms with van der Waals surface area (Å²) in [5, 5.41) is 3.37. The van der Waals surface area contributed by atoms with E-state index in [2.05, 4.69) is 24.6 Å². The predicted molar refractivity (Wildman–Crippen MR) is 50.9 cm³/mol. The molecule has 0 saturated heterocycles. The molecular weight excluding hydrogens is 158 g/mol. The molecule has 0 bridgehead atoms. The zero-order valence-corrected chi connectivity index (χ0v) is 8.04. The number of alkyl halides is 1. The van der Waals surface area contributed by atoms with Gasteiger partial charge in [-0.25, -0.2) is 0 Å². The minimum atomic E-state index is 0.156. The zero-order chi connectivity index (χ0) is 8.69. The molecule has 0 aliphatic rings. The smallest absolute Gasteiger partial charge is 0.0546 e. The summed E-state index contributed by atoms with van der Waals surface area (Å²) in [7, 11) is 0. The minimum absolute atomic E-state index is 0.156. The van der Waals surface area contributed by atoms with Crippen LogP contribution in [0.15, 0.2) is 18.0 Å². The normalized spacial score (nSPS) is 11.9. The van der Waals surface area contributed by atoms with Crippen LogP contribution >= 0.6 is 11.6 Å². The van der Waals surface area contributed by atoms with Gasteiger partial charge in [0.15, 0.2) is 0 Å². The molecule has 0 aromatic heterocycles. The van der Waals surface area contributed by atoms with Crippen molar-refractivity contribution in [3.63, 3.8) is 0 Å². The van der Waals surface area contributed by atoms with Gasteiger partial charge in [0.05, 0.1) is 5.70 Å². The number of hydrogen-bond acceptors (Lipinski definition) is 1. The third-order valence-corrected chi connectivity index (χ3v) is 1.44. The van der Waals surface area contributed by atoms with E-state index in [-0.39, 0.29) is 5.38 Å². The van der Waals surface area contributed by atoms with Gasteiger partial charge < -0.3 is 5.32 Å². The molecule has 0 amide bonds. The van der Waals surface area contributed by atoms with Gasteiger partial charge in [-0.3, -0.25) is 0 Å². The Morgan fingerprint density at radius 1 is 1.73 bits per heavy atom. The fourth-order valence-electron chi connectivity index (χ4n) is 0.764. The molecule has 0 fully saturated rings. The Balaban J connectivity index is 3.69. The fraction of sp³-hybridized carbons (Fsp3) is 0.667. The highest BCUT2D eigenvalue weighted by molar-refractivity contribution is 6.20. The molecule has 11 heavy (non-hydrogen) atoms. The molecule has 0 radical (unpaired) electrons. The molecule has 64 valence electrons. The van der Waals surface area contributed by atoms with Crippen LogP contribution < -0.4 is 5.32 Å². The second kappa shape index (κ2) is 6.33. The number of rotatable bonds is 5. The van der Waals surface area contributed by atoms with Crippen molar-refractivity contribution in [2.24, 2.45) is 0 Å². The number of allylic oxidation sites excluding steroid dienone is 1. The summed E-state index contributed by atoms with van der Waals surface area (Å²) in [6.45, 7) is 8.65. The summed E-state index contributed by atoms with van der Waals surface area (Å²) < 4.78 is 0. The largest absolute Gasteiger partial charge is 0.382 e. The molecule has 0 aromatic rings. The average molecular weight is 174 g/mol. The molecule has 0 aliphatic carbocycles. The zero-order valence-electron chi connectivity index (χ0n) is 7.28. The predicted octanol–water partition coefficient (Wildman–Crippen LogP) is 2.67. The molecule has 1 unspecified atom stereocenters. The lowest BCUT2D eigenvalue weighted by molar-refractivity contribution is 0.721. The third kappa shape index (κ3) is 6.03. The number of halogens is 1. The highest BCUT2D eigenvalue weighted by Gasteiger charge is 1.99. The second-order valence-electron chi connectivity index (χ2n) is 2.57. The number of nitrogens with one attached hydrogen (secondary N) is 1. The van der Waals surface area contributed by atoms with Crippen molar-refractivity contribution in [1.29, 1.82) is 0 Å². The molecule has 0 spiro atoms. The van der Waals surface area contributed by atoms with Crippen LogP contribution in [0.1, 0.15) is 26.7 Å². The van der Waals surface area contributed by atoms with Crippen LogP contribution in [0, 0.1) is 0 Å². The van der Waals surface area contributed by atoms with E-state index in [1.807, 2.05) is 6.92 Å². The second-order valence-corrected chi connectivity index (χ2v) is 3.31. The van der Waals surface area contributed by atoms with Gasteiger partial charge in [-0.1, -0.05) is 13.5 Å². The maximum Gasteiger partial charge on any atom is 0.0546 e. The van der Waals surface area contributed by atoms with Crippen LogP contribution in [0.25, 0.3) is 0 Å². The SMILES string of the molecule is C=C=C(CC(C)Cl)NCCC. The van der Waals surface area contributed by atoms with Gasteiger partial charge in [-0.05, 0) is 13.3 Å². The first-order chi connectivity index (χ1) is 5.20. The Kier molecular flexibility index (Phi) is 6.10. The van der Waals surface area contributed by atoms with Gasteiger partial charge in [-0.15, -0.1) is 17.3 Å². The van der Waals surface area contributed by atoms with Crippen LogP contribution in [-0.2, 0) is 0 Å². The fourth-order valence-corrected chi connectivity index (χ4v) is 0.918. The highest BCUT2D eigenvalue weighted by atomic mass is 35.5. The van der Waals surface area contributed by atoms with Gasteiger partial charge in [0, 0.05) is 18.3 Å². The third-order valence-electron chi connectivity index (χ3n) is 1.29. The van der Waals surface area contributed by atoms with E-state index in [9.17, 15) is 0 Å². The maximum atomic E-state index is 5.80. The number of hydrogen-bond donors (Lipinski definition) is 1. The van der Waals surface area contributed by atoms with Crippen LogP contribution in [0.4, 0.5) is 0 Å². The standard InChI is InChI=1S/C9H16ClN/c1-4-6-11-9(5-2)7-8(3)10/h8,11H,2,4,6-7H2,1,3H3. The summed E-state index contributed by atoms with van der Waals surface area (Å²) in [5.41, 5.74) is 3.86. The molecule has 0 saturated carbocycles. The van der Waals surface area contributed by atoms with Gasteiger partial charge >= 0.3 is 0 Å². The van der Waals surface area contributed by atoms with E-state index in [1.54, 1.807) is 0 Å². The Morgan fingerprint density at radius 3 is 2.73 bits per heavy atom. The van der Waals surface area contributed by atoms with Crippen molar-refractivity contribution in [2.75, 3.05) is 6.54 Å². The van der Waals surface area contributed by atoms with E-state index < -0.39 is 0 Å². The monoisotopic (exact) mass is 173 g/mol. The van der Waals surface area contributed by atoms with Crippen molar-refractivity contribution in [1.82, 2.24) is 5.32 Å². The first kappa shape index (κ1) is 10.6. The summed E-state index contributed by atoms with van der Waals surface area (Å²) in [6, 6.07) is 0. The van der Waals surface area contributed by atoms with Gasteiger partial charge in [-0.2, -0.15) is 0 Å². The molecule has 0 rings (SSSR count). The van der Waals surface area contributed by atoms with E-state index in [4.69, 9.17) is 11.6 Å². The first-order valence-corrected chi connectivity index (χ1v) is 4.41. The quantitative estimate of drug-likeness (QED) is 0.498. The molecule has 0 aromatic carbocycles. The lowest BCUT2D eigenvalue weighted by Gasteiger charge is -2.08. The topological polar surface area (TPSA) is 12.0 Å². The first-order valence-electron chi connectivity index (χ1n) is 3.97. The van der Waals surface area contributed by atoms with Crippen molar-refractivity contribution >= 4 is 11.6 Å². The molecule has 1 nitrogen and oxygen atoms in total. The molecular formula is C9H16ClN. The summed E-state index contributed by atoms with van der Waals surface area (Å²) >= 11 is 5.80. The highest BCUT2D eigenvalue weighted by Crippen LogP contribution is 2.05. The molecule has 2 heteroatoms. The van der Waals surface area contributed by atoms with Gasteiger partial charge in [0.1, 0.15) is 0 Å². The molecule has 0 aliphatic heterocycles. The van der Waals surface area contributed by atoms with Crippen molar-refractivity contribution in [3.05, 3.63) is 18.0 Å². The summed E-state index contributed by atoms with van der Waals surface area (Å²) in [4.78, 5) is 0. The van der Waals surface area contributed by atoms with E-state index in [1.165, 1.54) is 0 Å². The lowest BCUT2D eigenvalue weighted by Crippen LogP contribution is -2.15. The van der Waals surface area contributed by atoms with E-state index >= 15 is 0 Å². The summed E-state index contributed by atoms with van der Waals surface area (Å²) in [6.07, 6.45) is 1.94. The lowest BCUT2D eigenvalue weighted by atomic mass is 10.2. The average Bonchev–Trinajstić information content (AvgIpc) is 1.97. The summed E-state index contributed by atoms with van der Waals surface area (Å²) in [5.74, 6) is 0. The Morgan fingerprint density at radius 2 is 2.36 bits per heavy atom.